The Kier molecular flexibility index (Phi) is 4.56. The molecule has 1 aromatic carbocycles. The number of esters is 1. The molecule has 1 heterocycles. The van der Waals surface area contributed by atoms with Crippen LogP contribution in [-0.4, -0.2) is 47.3 Å². The number of urea groups is 1. The molecule has 0 spiro atoms. The average Bonchev–Trinajstić information content (AvgIpc) is 3.39. The van der Waals surface area contributed by atoms with Crippen molar-refractivity contribution in [2.75, 3.05) is 13.2 Å². The van der Waals surface area contributed by atoms with Crippen molar-refractivity contribution >= 4 is 23.7 Å². The minimum absolute atomic E-state index is 0.117. The number of hydrogen-bond acceptors (Lipinski definition) is 5. The second-order valence-electron chi connectivity index (χ2n) is 7.20. The van der Waals surface area contributed by atoms with Crippen LogP contribution in [0.2, 0.25) is 0 Å². The number of ketones is 1. The molecule has 2 fully saturated rings. The predicted molar refractivity (Wildman–Crippen MR) is 92.6 cm³/mol. The highest BCUT2D eigenvalue weighted by atomic mass is 16.5. The van der Waals surface area contributed by atoms with Crippen LogP contribution >= 0.6 is 0 Å². The lowest BCUT2D eigenvalue weighted by atomic mass is 9.96. The normalized spacial score (nSPS) is 22.3. The van der Waals surface area contributed by atoms with Crippen LogP contribution < -0.4 is 5.32 Å². The van der Waals surface area contributed by atoms with Crippen LogP contribution in [-0.2, 0) is 14.3 Å². The number of imide groups is 1. The van der Waals surface area contributed by atoms with E-state index in [1.165, 1.54) is 0 Å². The molecule has 138 valence electrons. The van der Waals surface area contributed by atoms with Gasteiger partial charge in [-0.25, -0.2) is 4.79 Å². The molecule has 1 N–H and O–H groups in total. The summed E-state index contributed by atoms with van der Waals surface area (Å²) in [7, 11) is 0. The molecule has 1 atom stereocenters. The van der Waals surface area contributed by atoms with E-state index in [2.05, 4.69) is 5.32 Å². The summed E-state index contributed by atoms with van der Waals surface area (Å²) in [4.78, 5) is 49.6. The fraction of sp³-hybridized carbons (Fsp3) is 0.474. The van der Waals surface area contributed by atoms with Gasteiger partial charge in [0.15, 0.2) is 6.61 Å². The lowest BCUT2D eigenvalue weighted by Crippen LogP contribution is -2.46. The summed E-state index contributed by atoms with van der Waals surface area (Å²) >= 11 is 0. The molecule has 1 aromatic rings. The first-order valence-electron chi connectivity index (χ1n) is 8.62. The van der Waals surface area contributed by atoms with Crippen LogP contribution in [0.4, 0.5) is 4.79 Å². The molecule has 1 saturated carbocycles. The monoisotopic (exact) mass is 358 g/mol. The van der Waals surface area contributed by atoms with E-state index in [-0.39, 0.29) is 11.7 Å². The number of amides is 3. The first kappa shape index (κ1) is 18.1. The maximum absolute atomic E-state index is 12.5. The van der Waals surface area contributed by atoms with Crippen molar-refractivity contribution in [2.24, 2.45) is 5.92 Å². The number of aryl methyl sites for hydroxylation is 2. The summed E-state index contributed by atoms with van der Waals surface area (Å²) in [5, 5.41) is 2.66. The van der Waals surface area contributed by atoms with Crippen molar-refractivity contribution in [2.45, 2.75) is 39.2 Å². The van der Waals surface area contributed by atoms with E-state index in [1.54, 1.807) is 13.0 Å². The van der Waals surface area contributed by atoms with Gasteiger partial charge in [-0.1, -0.05) is 23.8 Å². The van der Waals surface area contributed by atoms with Gasteiger partial charge in [-0.15, -0.1) is 0 Å². The zero-order valence-corrected chi connectivity index (χ0v) is 15.1. The summed E-state index contributed by atoms with van der Waals surface area (Å²) in [5.74, 6) is -1.41. The number of nitrogens with one attached hydrogen (secondary N) is 1. The van der Waals surface area contributed by atoms with Crippen molar-refractivity contribution in [1.29, 1.82) is 0 Å². The number of rotatable bonds is 6. The first-order chi connectivity index (χ1) is 12.2. The molecule has 26 heavy (non-hydrogen) atoms. The second-order valence-corrected chi connectivity index (χ2v) is 7.20. The van der Waals surface area contributed by atoms with Crippen molar-refractivity contribution in [3.63, 3.8) is 0 Å². The van der Waals surface area contributed by atoms with Gasteiger partial charge in [-0.05, 0) is 45.1 Å². The first-order valence-corrected chi connectivity index (χ1v) is 8.62. The Hall–Kier alpha value is -2.70. The lowest BCUT2D eigenvalue weighted by Gasteiger charge is -2.20. The number of ether oxygens (including phenoxy) is 1. The molecular formula is C19H22N2O5. The Labute approximate surface area is 151 Å². The van der Waals surface area contributed by atoms with Crippen LogP contribution in [0.25, 0.3) is 0 Å². The molecule has 7 nitrogen and oxygen atoms in total. The Morgan fingerprint density at radius 1 is 1.27 bits per heavy atom. The number of nitrogens with zero attached hydrogens (tertiary/aromatic N) is 1. The Bertz CT molecular complexity index is 799. The summed E-state index contributed by atoms with van der Waals surface area (Å²) in [6.07, 6.45) is 1.76. The smallest absolute Gasteiger partial charge is 0.326 e. The van der Waals surface area contributed by atoms with Gasteiger partial charge in [0.2, 0.25) is 5.78 Å². The third kappa shape index (κ3) is 3.34. The van der Waals surface area contributed by atoms with E-state index in [4.69, 9.17) is 4.74 Å². The lowest BCUT2D eigenvalue weighted by molar-refractivity contribution is -0.146. The van der Waals surface area contributed by atoms with Crippen LogP contribution in [0.5, 0.6) is 0 Å². The zero-order chi connectivity index (χ0) is 19.1. The minimum atomic E-state index is -0.938. The summed E-state index contributed by atoms with van der Waals surface area (Å²) in [6.45, 7) is 4.50. The number of hydrogen-bond donors (Lipinski definition) is 1. The maximum Gasteiger partial charge on any atom is 0.326 e. The van der Waals surface area contributed by atoms with Crippen molar-refractivity contribution < 1.29 is 23.9 Å². The highest BCUT2D eigenvalue weighted by Gasteiger charge is 2.56. The van der Waals surface area contributed by atoms with E-state index in [1.807, 2.05) is 26.0 Å². The van der Waals surface area contributed by atoms with Gasteiger partial charge in [-0.2, -0.15) is 0 Å². The molecule has 1 saturated heterocycles. The molecule has 0 bridgehead atoms. The molecule has 2 aliphatic rings. The number of carbonyl (C=O) groups is 4. The van der Waals surface area contributed by atoms with E-state index in [0.29, 0.717) is 5.56 Å². The quantitative estimate of drug-likeness (QED) is 0.475. The van der Waals surface area contributed by atoms with E-state index in [9.17, 15) is 19.2 Å². The highest BCUT2D eigenvalue weighted by molar-refractivity contribution is 6.09. The highest BCUT2D eigenvalue weighted by Crippen LogP contribution is 2.42. The molecular weight excluding hydrogens is 336 g/mol. The summed E-state index contributed by atoms with van der Waals surface area (Å²) in [6, 6.07) is 4.79. The van der Waals surface area contributed by atoms with E-state index >= 15 is 0 Å². The molecule has 0 aromatic heterocycles. The van der Waals surface area contributed by atoms with Gasteiger partial charge in [0.05, 0.1) is 0 Å². The Balaban J connectivity index is 1.56. The van der Waals surface area contributed by atoms with E-state index in [0.717, 1.165) is 28.9 Å². The fourth-order valence-electron chi connectivity index (χ4n) is 3.32. The van der Waals surface area contributed by atoms with Gasteiger partial charge in [0.25, 0.3) is 5.91 Å². The SMILES string of the molecule is Cc1ccc(C(=O)COC(=O)CN2C(=O)N[C@](C)(C3CC3)C2=O)c(C)c1. The molecule has 0 radical (unpaired) electrons. The predicted octanol–water partition coefficient (Wildman–Crippen LogP) is 1.75. The van der Waals surface area contributed by atoms with Crippen molar-refractivity contribution in [1.82, 2.24) is 10.2 Å². The van der Waals surface area contributed by atoms with Crippen molar-refractivity contribution in [3.05, 3.63) is 34.9 Å². The Morgan fingerprint density at radius 2 is 1.96 bits per heavy atom. The summed E-state index contributed by atoms with van der Waals surface area (Å²) < 4.78 is 4.98. The standard InChI is InChI=1S/C19H22N2O5/c1-11-4-7-14(12(2)8-11)15(22)10-26-16(23)9-21-17(24)19(3,13-5-6-13)20-18(21)25/h4,7-8,13H,5-6,9-10H2,1-3H3,(H,20,25)/t19-/m1/s1. The van der Waals surface area contributed by atoms with Gasteiger partial charge in [-0.3, -0.25) is 19.3 Å². The molecule has 1 aliphatic heterocycles. The van der Waals surface area contributed by atoms with Crippen LogP contribution in [0.15, 0.2) is 18.2 Å². The number of benzene rings is 1. The minimum Gasteiger partial charge on any atom is -0.456 e. The maximum atomic E-state index is 12.5. The zero-order valence-electron chi connectivity index (χ0n) is 15.1. The molecule has 7 heteroatoms. The van der Waals surface area contributed by atoms with Gasteiger partial charge >= 0.3 is 12.0 Å². The number of Topliss-reactive ketones (excluding diaryl/α,β-unsaturated/α-hetero) is 1. The third-order valence-corrected chi connectivity index (χ3v) is 5.03. The molecule has 3 rings (SSSR count). The van der Waals surface area contributed by atoms with Gasteiger partial charge in [0.1, 0.15) is 12.1 Å². The van der Waals surface area contributed by atoms with Gasteiger partial charge < -0.3 is 10.1 Å². The molecule has 3 amide bonds. The van der Waals surface area contributed by atoms with Crippen LogP contribution in [0, 0.1) is 19.8 Å². The van der Waals surface area contributed by atoms with Crippen molar-refractivity contribution in [3.8, 4) is 0 Å². The topological polar surface area (TPSA) is 92.8 Å². The second kappa shape index (κ2) is 6.55. The average molecular weight is 358 g/mol. The van der Waals surface area contributed by atoms with E-state index < -0.39 is 36.6 Å². The summed E-state index contributed by atoms with van der Waals surface area (Å²) in [5.41, 5.74) is 1.39. The Morgan fingerprint density at radius 3 is 2.58 bits per heavy atom. The fourth-order valence-corrected chi connectivity index (χ4v) is 3.32. The molecule has 0 unspecified atom stereocenters. The van der Waals surface area contributed by atoms with Crippen LogP contribution in [0.3, 0.4) is 0 Å². The molecule has 1 aliphatic carbocycles. The van der Waals surface area contributed by atoms with Gasteiger partial charge in [0, 0.05) is 5.56 Å². The third-order valence-electron chi connectivity index (χ3n) is 5.03. The number of carbonyl (C=O) groups excluding carboxylic acids is 4. The largest absolute Gasteiger partial charge is 0.456 e. The van der Waals surface area contributed by atoms with Crippen LogP contribution in [0.1, 0.15) is 41.3 Å².